The predicted octanol–water partition coefficient (Wildman–Crippen LogP) is 4.38. The summed E-state index contributed by atoms with van der Waals surface area (Å²) >= 11 is 0. The number of hydrogen-bond donors (Lipinski definition) is 2. The highest BCUT2D eigenvalue weighted by atomic mass is 16.5. The fourth-order valence-electron chi connectivity index (χ4n) is 4.25. The summed E-state index contributed by atoms with van der Waals surface area (Å²) in [5, 5.41) is 7.29. The standard InChI is InChI=1S/C27H25N5O2/c1-3-8-25(33)29-22-11-7-12-24-20(22)15-18(2)32(24)27-30-23-13-14-34-17-21(23)26(31-27)28-16-19-9-5-4-6-10-19/h4-7,9-12,15H,13-14,16-17H2,1-2H3,(H,29,33)(H,28,30,31). The molecule has 2 aromatic heterocycles. The van der Waals surface area contributed by atoms with Crippen molar-refractivity contribution in [1.29, 1.82) is 0 Å². The van der Waals surface area contributed by atoms with Crippen LogP contribution in [0.5, 0.6) is 0 Å². The molecule has 7 nitrogen and oxygen atoms in total. The van der Waals surface area contributed by atoms with Gasteiger partial charge in [-0.15, -0.1) is 0 Å². The number of fused-ring (bicyclic) bond motifs is 2. The normalized spacial score (nSPS) is 12.5. The molecule has 170 valence electrons. The van der Waals surface area contributed by atoms with Crippen LogP contribution in [0.3, 0.4) is 0 Å². The summed E-state index contributed by atoms with van der Waals surface area (Å²) in [6.07, 6.45) is 0.736. The minimum Gasteiger partial charge on any atom is -0.376 e. The molecule has 7 heteroatoms. The number of aryl methyl sites for hydroxylation is 1. The minimum absolute atomic E-state index is 0.335. The number of carbonyl (C=O) groups is 1. The summed E-state index contributed by atoms with van der Waals surface area (Å²) in [7, 11) is 0. The van der Waals surface area contributed by atoms with Crippen LogP contribution >= 0.6 is 0 Å². The molecule has 0 spiro atoms. The molecule has 1 aliphatic heterocycles. The third kappa shape index (κ3) is 4.24. The molecule has 3 heterocycles. The number of carbonyl (C=O) groups excluding carboxylic acids is 1. The van der Waals surface area contributed by atoms with Crippen LogP contribution in [0.4, 0.5) is 11.5 Å². The Bertz CT molecular complexity index is 1430. The lowest BCUT2D eigenvalue weighted by molar-refractivity contribution is -0.111. The lowest BCUT2D eigenvalue weighted by Crippen LogP contribution is -2.19. The van der Waals surface area contributed by atoms with E-state index < -0.39 is 0 Å². The number of benzene rings is 2. The van der Waals surface area contributed by atoms with Gasteiger partial charge < -0.3 is 15.4 Å². The SMILES string of the molecule is CC#CC(=O)Nc1cccc2c1cc(C)n2-c1nc2c(c(NCc3ccccc3)n1)COCC2. The fourth-order valence-corrected chi connectivity index (χ4v) is 4.25. The molecule has 4 aromatic rings. The third-order valence-corrected chi connectivity index (χ3v) is 5.83. The van der Waals surface area contributed by atoms with E-state index in [1.165, 1.54) is 5.56 Å². The molecule has 0 atom stereocenters. The summed E-state index contributed by atoms with van der Waals surface area (Å²) in [5.74, 6) is 6.21. The van der Waals surface area contributed by atoms with Crippen molar-refractivity contribution < 1.29 is 9.53 Å². The van der Waals surface area contributed by atoms with Crippen molar-refractivity contribution >= 4 is 28.3 Å². The first kappa shape index (κ1) is 21.7. The van der Waals surface area contributed by atoms with E-state index >= 15 is 0 Å². The zero-order valence-electron chi connectivity index (χ0n) is 19.2. The van der Waals surface area contributed by atoms with Gasteiger partial charge in [-0.2, -0.15) is 4.98 Å². The topological polar surface area (TPSA) is 81.1 Å². The van der Waals surface area contributed by atoms with Gasteiger partial charge in [0.05, 0.1) is 30.1 Å². The Balaban J connectivity index is 1.58. The van der Waals surface area contributed by atoms with Crippen molar-refractivity contribution in [1.82, 2.24) is 14.5 Å². The molecule has 5 rings (SSSR count). The Morgan fingerprint density at radius 3 is 2.82 bits per heavy atom. The molecule has 34 heavy (non-hydrogen) atoms. The van der Waals surface area contributed by atoms with Crippen LogP contribution in [0.2, 0.25) is 0 Å². The van der Waals surface area contributed by atoms with Crippen molar-refractivity contribution in [2.45, 2.75) is 33.4 Å². The van der Waals surface area contributed by atoms with Gasteiger partial charge in [0.1, 0.15) is 5.82 Å². The molecule has 2 N–H and O–H groups in total. The lowest BCUT2D eigenvalue weighted by atomic mass is 10.1. The van der Waals surface area contributed by atoms with Crippen LogP contribution in [0.1, 0.15) is 29.4 Å². The molecule has 0 radical (unpaired) electrons. The molecule has 0 fully saturated rings. The van der Waals surface area contributed by atoms with E-state index in [1.54, 1.807) is 6.92 Å². The molecule has 0 unspecified atom stereocenters. The van der Waals surface area contributed by atoms with Crippen molar-refractivity contribution in [3.8, 4) is 17.8 Å². The molecule has 0 aliphatic carbocycles. The van der Waals surface area contributed by atoms with E-state index in [0.717, 1.165) is 40.1 Å². The Labute approximate surface area is 198 Å². The number of anilines is 2. The van der Waals surface area contributed by atoms with Gasteiger partial charge >= 0.3 is 0 Å². The molecule has 0 bridgehead atoms. The molecule has 2 aromatic carbocycles. The number of hydrogen-bond acceptors (Lipinski definition) is 5. The third-order valence-electron chi connectivity index (χ3n) is 5.83. The first-order valence-electron chi connectivity index (χ1n) is 11.2. The van der Waals surface area contributed by atoms with E-state index in [9.17, 15) is 4.79 Å². The van der Waals surface area contributed by atoms with Gasteiger partial charge in [-0.05, 0) is 43.5 Å². The molecule has 0 saturated carbocycles. The van der Waals surface area contributed by atoms with Crippen LogP contribution in [-0.4, -0.2) is 27.0 Å². The number of amides is 1. The van der Waals surface area contributed by atoms with E-state index in [4.69, 9.17) is 14.7 Å². The zero-order valence-corrected chi connectivity index (χ0v) is 19.2. The molecular weight excluding hydrogens is 426 g/mol. The second kappa shape index (κ2) is 9.38. The first-order chi connectivity index (χ1) is 16.6. The van der Waals surface area contributed by atoms with Crippen molar-refractivity contribution in [2.24, 2.45) is 0 Å². The maximum Gasteiger partial charge on any atom is 0.300 e. The number of ether oxygens (including phenoxy) is 1. The molecular formula is C27H25N5O2. The summed E-state index contributed by atoms with van der Waals surface area (Å²) in [6.45, 7) is 5.45. The minimum atomic E-state index is -0.335. The lowest BCUT2D eigenvalue weighted by Gasteiger charge is -2.21. The Kier molecular flexibility index (Phi) is 5.98. The molecule has 0 saturated heterocycles. The van der Waals surface area contributed by atoms with Gasteiger partial charge in [-0.3, -0.25) is 9.36 Å². The van der Waals surface area contributed by atoms with Gasteiger partial charge in [0.25, 0.3) is 5.91 Å². The van der Waals surface area contributed by atoms with Gasteiger partial charge in [-0.25, -0.2) is 4.98 Å². The van der Waals surface area contributed by atoms with Crippen LogP contribution in [0.25, 0.3) is 16.9 Å². The molecule has 1 aliphatic rings. The van der Waals surface area contributed by atoms with Crippen molar-refractivity contribution in [3.05, 3.63) is 77.1 Å². The predicted molar refractivity (Wildman–Crippen MR) is 133 cm³/mol. The second-order valence-electron chi connectivity index (χ2n) is 8.13. The summed E-state index contributed by atoms with van der Waals surface area (Å²) in [6, 6.07) is 18.1. The number of rotatable bonds is 5. The van der Waals surface area contributed by atoms with Gasteiger partial charge in [0.15, 0.2) is 0 Å². The zero-order chi connectivity index (χ0) is 23.5. The van der Waals surface area contributed by atoms with Gasteiger partial charge in [0, 0.05) is 29.6 Å². The van der Waals surface area contributed by atoms with Gasteiger partial charge in [0.2, 0.25) is 5.95 Å². The number of nitrogens with one attached hydrogen (secondary N) is 2. The quantitative estimate of drug-likeness (QED) is 0.440. The summed E-state index contributed by atoms with van der Waals surface area (Å²) < 4.78 is 7.74. The van der Waals surface area contributed by atoms with E-state index in [-0.39, 0.29) is 5.91 Å². The number of nitrogens with zero attached hydrogens (tertiary/aromatic N) is 3. The Hall–Kier alpha value is -4.15. The van der Waals surface area contributed by atoms with Crippen molar-refractivity contribution in [3.63, 3.8) is 0 Å². The fraction of sp³-hybridized carbons (Fsp3) is 0.222. The second-order valence-corrected chi connectivity index (χ2v) is 8.13. The molecule has 1 amide bonds. The summed E-state index contributed by atoms with van der Waals surface area (Å²) in [5.41, 5.74) is 5.77. The smallest absolute Gasteiger partial charge is 0.300 e. The van der Waals surface area contributed by atoms with Crippen LogP contribution < -0.4 is 10.6 Å². The maximum absolute atomic E-state index is 12.1. The van der Waals surface area contributed by atoms with Crippen LogP contribution in [0.15, 0.2) is 54.6 Å². The Morgan fingerprint density at radius 2 is 2.00 bits per heavy atom. The largest absolute Gasteiger partial charge is 0.376 e. The summed E-state index contributed by atoms with van der Waals surface area (Å²) in [4.78, 5) is 21.9. The first-order valence-corrected chi connectivity index (χ1v) is 11.2. The van der Waals surface area contributed by atoms with Crippen LogP contribution in [0, 0.1) is 18.8 Å². The average Bonchev–Trinajstić information content (AvgIpc) is 3.20. The van der Waals surface area contributed by atoms with Crippen molar-refractivity contribution in [2.75, 3.05) is 17.2 Å². The van der Waals surface area contributed by atoms with E-state index in [0.29, 0.717) is 31.4 Å². The van der Waals surface area contributed by atoms with Gasteiger partial charge in [-0.1, -0.05) is 42.3 Å². The van der Waals surface area contributed by atoms with E-state index in [2.05, 4.69) is 34.6 Å². The highest BCUT2D eigenvalue weighted by Crippen LogP contribution is 2.31. The van der Waals surface area contributed by atoms with E-state index in [1.807, 2.05) is 54.0 Å². The Morgan fingerprint density at radius 1 is 1.15 bits per heavy atom. The maximum atomic E-state index is 12.1. The average molecular weight is 452 g/mol. The highest BCUT2D eigenvalue weighted by Gasteiger charge is 2.21. The monoisotopic (exact) mass is 451 g/mol. The van der Waals surface area contributed by atoms with Crippen LogP contribution in [-0.2, 0) is 29.1 Å². The highest BCUT2D eigenvalue weighted by molar-refractivity contribution is 6.09. The number of aromatic nitrogens is 3.